The molecule has 2 aromatic carbocycles. The number of amides is 1. The van der Waals surface area contributed by atoms with Gasteiger partial charge < -0.3 is 20.9 Å². The van der Waals surface area contributed by atoms with E-state index in [1.165, 1.54) is 6.08 Å². The third kappa shape index (κ3) is 5.60. The molecule has 7 heteroatoms. The summed E-state index contributed by atoms with van der Waals surface area (Å²) >= 11 is 0. The van der Waals surface area contributed by atoms with Crippen LogP contribution in [0.3, 0.4) is 0 Å². The van der Waals surface area contributed by atoms with Crippen LogP contribution in [-0.4, -0.2) is 33.9 Å². The molecule has 29 heavy (non-hydrogen) atoms. The zero-order valence-electron chi connectivity index (χ0n) is 15.8. The first-order valence-electron chi connectivity index (χ1n) is 9.38. The van der Waals surface area contributed by atoms with Crippen LogP contribution in [-0.2, 0) is 4.79 Å². The van der Waals surface area contributed by atoms with Crippen molar-refractivity contribution in [1.82, 2.24) is 10.6 Å². The van der Waals surface area contributed by atoms with E-state index in [9.17, 15) is 15.0 Å². The summed E-state index contributed by atoms with van der Waals surface area (Å²) < 4.78 is 0. The van der Waals surface area contributed by atoms with Crippen molar-refractivity contribution in [2.75, 3.05) is 0 Å². The van der Waals surface area contributed by atoms with E-state index in [4.69, 9.17) is 10.8 Å². The Morgan fingerprint density at radius 1 is 1.03 bits per heavy atom. The predicted octanol–water partition coefficient (Wildman–Crippen LogP) is 2.65. The quantitative estimate of drug-likeness (QED) is 0.178. The summed E-state index contributed by atoms with van der Waals surface area (Å²) in [6.45, 7) is 0. The highest BCUT2D eigenvalue weighted by atomic mass is 16.3. The van der Waals surface area contributed by atoms with Gasteiger partial charge in [0.15, 0.2) is 0 Å². The Labute approximate surface area is 169 Å². The molecule has 1 aliphatic carbocycles. The normalized spacial score (nSPS) is 16.0. The maximum Gasteiger partial charge on any atom is 0.247 e. The SMILES string of the molecule is N=C(NC(=O)C(NC(O)C(=N)/C=C(\O)C1CC1)c1ccccc1)c1ccccc1. The smallest absolute Gasteiger partial charge is 0.247 e. The van der Waals surface area contributed by atoms with Gasteiger partial charge in [-0.15, -0.1) is 0 Å². The van der Waals surface area contributed by atoms with Gasteiger partial charge in [-0.3, -0.25) is 15.5 Å². The molecule has 7 nitrogen and oxygen atoms in total. The average molecular weight is 392 g/mol. The van der Waals surface area contributed by atoms with Gasteiger partial charge in [-0.25, -0.2) is 0 Å². The van der Waals surface area contributed by atoms with Crippen LogP contribution < -0.4 is 10.6 Å². The molecular formula is C22H24N4O3. The third-order valence-corrected chi connectivity index (χ3v) is 4.62. The second kappa shape index (κ2) is 9.27. The molecule has 2 atom stereocenters. The molecule has 1 fully saturated rings. The maximum absolute atomic E-state index is 12.9. The van der Waals surface area contributed by atoms with E-state index < -0.39 is 18.2 Å². The first-order chi connectivity index (χ1) is 14.0. The third-order valence-electron chi connectivity index (χ3n) is 4.62. The first kappa shape index (κ1) is 20.4. The lowest BCUT2D eigenvalue weighted by Crippen LogP contribution is -2.46. The van der Waals surface area contributed by atoms with Crippen LogP contribution in [0.2, 0.25) is 0 Å². The van der Waals surface area contributed by atoms with Gasteiger partial charge >= 0.3 is 0 Å². The number of rotatable bonds is 8. The van der Waals surface area contributed by atoms with Crippen LogP contribution in [0.15, 0.2) is 72.5 Å². The molecule has 6 N–H and O–H groups in total. The zero-order chi connectivity index (χ0) is 20.8. The molecule has 0 saturated heterocycles. The van der Waals surface area contributed by atoms with Gasteiger partial charge in [0.1, 0.15) is 18.1 Å². The second-order valence-corrected chi connectivity index (χ2v) is 6.94. The Balaban J connectivity index is 1.74. The number of allylic oxidation sites excluding steroid dienone is 1. The van der Waals surface area contributed by atoms with E-state index >= 15 is 0 Å². The minimum absolute atomic E-state index is 0.0575. The van der Waals surface area contributed by atoms with Crippen molar-refractivity contribution in [3.63, 3.8) is 0 Å². The fraction of sp³-hybridized carbons (Fsp3) is 0.227. The van der Waals surface area contributed by atoms with Gasteiger partial charge in [-0.2, -0.15) is 0 Å². The zero-order valence-corrected chi connectivity index (χ0v) is 15.8. The molecule has 1 saturated carbocycles. The predicted molar refractivity (Wildman–Crippen MR) is 111 cm³/mol. The number of aliphatic hydroxyl groups is 2. The number of nitrogens with one attached hydrogen (secondary N) is 4. The number of carbonyl (C=O) groups is 1. The Bertz CT molecular complexity index is 908. The highest BCUT2D eigenvalue weighted by Gasteiger charge is 2.28. The van der Waals surface area contributed by atoms with E-state index in [2.05, 4.69) is 10.6 Å². The fourth-order valence-electron chi connectivity index (χ4n) is 2.82. The molecule has 0 aromatic heterocycles. The summed E-state index contributed by atoms with van der Waals surface area (Å²) in [6, 6.07) is 16.6. The highest BCUT2D eigenvalue weighted by Crippen LogP contribution is 2.34. The lowest BCUT2D eigenvalue weighted by Gasteiger charge is -2.22. The minimum Gasteiger partial charge on any atom is -0.512 e. The van der Waals surface area contributed by atoms with Crippen molar-refractivity contribution in [3.8, 4) is 0 Å². The van der Waals surface area contributed by atoms with Crippen molar-refractivity contribution in [2.24, 2.45) is 5.92 Å². The number of hydrogen-bond donors (Lipinski definition) is 6. The molecule has 2 unspecified atom stereocenters. The Morgan fingerprint density at radius 3 is 2.21 bits per heavy atom. The highest BCUT2D eigenvalue weighted by molar-refractivity contribution is 6.07. The first-order valence-corrected chi connectivity index (χ1v) is 9.38. The molecule has 1 amide bonds. The molecule has 0 heterocycles. The summed E-state index contributed by atoms with van der Waals surface area (Å²) in [4.78, 5) is 12.9. The summed E-state index contributed by atoms with van der Waals surface area (Å²) in [5.74, 6) is -0.467. The summed E-state index contributed by atoms with van der Waals surface area (Å²) in [7, 11) is 0. The Morgan fingerprint density at radius 2 is 1.62 bits per heavy atom. The summed E-state index contributed by atoms with van der Waals surface area (Å²) in [6.07, 6.45) is 1.50. The standard InChI is InChI=1S/C22H24N4O3/c23-17(13-18(27)14-11-12-14)21(28)25-19(15-7-3-1-4-8-15)22(29)26-20(24)16-9-5-2-6-10-16/h1-10,13-14,19,21,23,25,27-28H,11-12H2,(H2,24,26,29)/b18-13-,23-17?. The maximum atomic E-state index is 12.9. The van der Waals surface area contributed by atoms with Gasteiger partial charge in [0.05, 0.1) is 11.5 Å². The van der Waals surface area contributed by atoms with Crippen molar-refractivity contribution in [2.45, 2.75) is 25.1 Å². The van der Waals surface area contributed by atoms with Gasteiger partial charge in [0.25, 0.3) is 0 Å². The van der Waals surface area contributed by atoms with E-state index in [1.54, 1.807) is 54.6 Å². The van der Waals surface area contributed by atoms with Gasteiger partial charge in [0, 0.05) is 17.6 Å². The minimum atomic E-state index is -1.46. The van der Waals surface area contributed by atoms with Crippen LogP contribution in [0.5, 0.6) is 0 Å². The van der Waals surface area contributed by atoms with Gasteiger partial charge in [-0.05, 0) is 18.4 Å². The molecule has 1 aliphatic rings. The van der Waals surface area contributed by atoms with Crippen molar-refractivity contribution in [1.29, 1.82) is 10.8 Å². The van der Waals surface area contributed by atoms with E-state index in [1.807, 2.05) is 6.07 Å². The second-order valence-electron chi connectivity index (χ2n) is 6.94. The molecule has 150 valence electrons. The van der Waals surface area contributed by atoms with Crippen LogP contribution >= 0.6 is 0 Å². The van der Waals surface area contributed by atoms with Crippen LogP contribution in [0.25, 0.3) is 0 Å². The van der Waals surface area contributed by atoms with Crippen molar-refractivity contribution >= 4 is 17.5 Å². The molecular weight excluding hydrogens is 368 g/mol. The van der Waals surface area contributed by atoms with Crippen LogP contribution in [0.1, 0.15) is 30.0 Å². The molecule has 0 bridgehead atoms. The number of benzene rings is 2. The number of carbonyl (C=O) groups excluding carboxylic acids is 1. The monoisotopic (exact) mass is 392 g/mol. The molecule has 0 spiro atoms. The van der Waals surface area contributed by atoms with Crippen LogP contribution in [0, 0.1) is 16.7 Å². The number of aliphatic hydroxyl groups excluding tert-OH is 2. The van der Waals surface area contributed by atoms with E-state index in [0.29, 0.717) is 11.1 Å². The summed E-state index contributed by atoms with van der Waals surface area (Å²) in [5, 5.41) is 41.6. The topological polar surface area (TPSA) is 129 Å². The largest absolute Gasteiger partial charge is 0.512 e. The van der Waals surface area contributed by atoms with Gasteiger partial charge in [0.2, 0.25) is 5.91 Å². The summed E-state index contributed by atoms with van der Waals surface area (Å²) in [5.41, 5.74) is 0.896. The van der Waals surface area contributed by atoms with E-state index in [-0.39, 0.29) is 23.2 Å². The number of hydrogen-bond acceptors (Lipinski definition) is 6. The fourth-order valence-corrected chi connectivity index (χ4v) is 2.82. The Kier molecular flexibility index (Phi) is 6.54. The molecule has 0 aliphatic heterocycles. The lowest BCUT2D eigenvalue weighted by molar-refractivity contribution is -0.122. The Hall–Kier alpha value is -3.29. The molecule has 3 rings (SSSR count). The van der Waals surface area contributed by atoms with Crippen LogP contribution in [0.4, 0.5) is 0 Å². The van der Waals surface area contributed by atoms with Crippen molar-refractivity contribution in [3.05, 3.63) is 83.6 Å². The van der Waals surface area contributed by atoms with Gasteiger partial charge in [-0.1, -0.05) is 60.7 Å². The molecule has 2 aromatic rings. The number of amidine groups is 1. The lowest BCUT2D eigenvalue weighted by atomic mass is 10.0. The molecule has 0 radical (unpaired) electrons. The average Bonchev–Trinajstić information content (AvgIpc) is 3.58. The van der Waals surface area contributed by atoms with Crippen molar-refractivity contribution < 1.29 is 15.0 Å². The van der Waals surface area contributed by atoms with E-state index in [0.717, 1.165) is 12.8 Å².